The second-order valence-corrected chi connectivity index (χ2v) is 4.14. The van der Waals surface area contributed by atoms with Crippen LogP contribution >= 0.6 is 11.6 Å². The van der Waals surface area contributed by atoms with Crippen molar-refractivity contribution in [3.63, 3.8) is 0 Å². The summed E-state index contributed by atoms with van der Waals surface area (Å²) in [5.74, 6) is -0.380. The molecule has 1 heterocycles. The highest BCUT2D eigenvalue weighted by Crippen LogP contribution is 2.31. The normalized spacial score (nSPS) is 10.3. The van der Waals surface area contributed by atoms with Gasteiger partial charge in [0.05, 0.1) is 16.3 Å². The number of aromatic nitrogens is 2. The first kappa shape index (κ1) is 12.3. The van der Waals surface area contributed by atoms with Crippen LogP contribution in [-0.2, 0) is 0 Å². The highest BCUT2D eigenvalue weighted by Gasteiger charge is 2.14. The van der Waals surface area contributed by atoms with Crippen LogP contribution in [0, 0.1) is 6.92 Å². The average Bonchev–Trinajstić information content (AvgIpc) is 2.30. The van der Waals surface area contributed by atoms with E-state index in [-0.39, 0.29) is 11.5 Å². The second kappa shape index (κ2) is 4.62. The molecule has 1 aromatic carbocycles. The largest absolute Gasteiger partial charge is 0.368 e. The topological polar surface area (TPSA) is 94.9 Å². The molecule has 92 valence electrons. The van der Waals surface area contributed by atoms with Crippen LogP contribution < -0.4 is 11.5 Å². The zero-order valence-corrected chi connectivity index (χ0v) is 10.4. The van der Waals surface area contributed by atoms with Gasteiger partial charge in [-0.15, -0.1) is 0 Å². The van der Waals surface area contributed by atoms with Crippen molar-refractivity contribution in [1.29, 1.82) is 0 Å². The molecule has 1 amide bonds. The Morgan fingerprint density at radius 1 is 1.33 bits per heavy atom. The van der Waals surface area contributed by atoms with Crippen molar-refractivity contribution in [2.45, 2.75) is 6.92 Å². The predicted molar refractivity (Wildman–Crippen MR) is 70.1 cm³/mol. The number of nitrogen functional groups attached to an aromatic ring is 1. The van der Waals surface area contributed by atoms with Gasteiger partial charge in [0.15, 0.2) is 0 Å². The quantitative estimate of drug-likeness (QED) is 0.862. The van der Waals surface area contributed by atoms with E-state index in [0.717, 1.165) is 5.56 Å². The van der Waals surface area contributed by atoms with Crippen LogP contribution in [0.3, 0.4) is 0 Å². The standard InChI is InChI=1S/C12H11ClN4O/c1-6-9(5-16-12(15)17-6)7-3-2-4-8(10(7)13)11(14)18/h2-5H,1H3,(H2,14,18)(H2,15,16,17). The van der Waals surface area contributed by atoms with Gasteiger partial charge in [-0.1, -0.05) is 23.7 Å². The minimum Gasteiger partial charge on any atom is -0.368 e. The lowest BCUT2D eigenvalue weighted by atomic mass is 10.0. The first-order valence-electron chi connectivity index (χ1n) is 5.18. The Balaban J connectivity index is 2.64. The number of primary amides is 1. The molecule has 1 aromatic heterocycles. The molecule has 2 aromatic rings. The maximum absolute atomic E-state index is 11.2. The molecule has 18 heavy (non-hydrogen) atoms. The monoisotopic (exact) mass is 262 g/mol. The van der Waals surface area contributed by atoms with Crippen molar-refractivity contribution < 1.29 is 4.79 Å². The Kier molecular flexibility index (Phi) is 3.16. The van der Waals surface area contributed by atoms with E-state index in [1.54, 1.807) is 31.3 Å². The van der Waals surface area contributed by atoms with Crippen molar-refractivity contribution in [2.24, 2.45) is 5.73 Å². The lowest BCUT2D eigenvalue weighted by molar-refractivity contribution is 0.100. The van der Waals surface area contributed by atoms with Gasteiger partial charge in [0.1, 0.15) is 0 Å². The zero-order valence-electron chi connectivity index (χ0n) is 9.64. The first-order chi connectivity index (χ1) is 8.50. The Morgan fingerprint density at radius 2 is 2.06 bits per heavy atom. The van der Waals surface area contributed by atoms with Crippen molar-refractivity contribution in [1.82, 2.24) is 9.97 Å². The smallest absolute Gasteiger partial charge is 0.250 e. The summed E-state index contributed by atoms with van der Waals surface area (Å²) in [4.78, 5) is 19.2. The molecule has 5 nitrogen and oxygen atoms in total. The van der Waals surface area contributed by atoms with Crippen LogP contribution in [-0.4, -0.2) is 15.9 Å². The molecule has 0 saturated heterocycles. The van der Waals surface area contributed by atoms with Gasteiger partial charge in [0, 0.05) is 17.3 Å². The third-order valence-electron chi connectivity index (χ3n) is 2.55. The summed E-state index contributed by atoms with van der Waals surface area (Å²) in [6.45, 7) is 1.79. The zero-order chi connectivity index (χ0) is 13.3. The molecule has 0 spiro atoms. The van der Waals surface area contributed by atoms with E-state index < -0.39 is 5.91 Å². The maximum atomic E-state index is 11.2. The fourth-order valence-corrected chi connectivity index (χ4v) is 2.00. The Hall–Kier alpha value is -2.14. The number of hydrogen-bond acceptors (Lipinski definition) is 4. The van der Waals surface area contributed by atoms with E-state index in [9.17, 15) is 4.79 Å². The highest BCUT2D eigenvalue weighted by atomic mass is 35.5. The van der Waals surface area contributed by atoms with E-state index in [0.29, 0.717) is 16.3 Å². The Labute approximate surface area is 109 Å². The highest BCUT2D eigenvalue weighted by molar-refractivity contribution is 6.36. The molecule has 0 radical (unpaired) electrons. The van der Waals surface area contributed by atoms with Crippen molar-refractivity contribution in [3.8, 4) is 11.1 Å². The van der Waals surface area contributed by atoms with Crippen molar-refractivity contribution >= 4 is 23.5 Å². The third kappa shape index (κ3) is 2.12. The molecule has 2 rings (SSSR count). The molecular formula is C12H11ClN4O. The summed E-state index contributed by atoms with van der Waals surface area (Å²) in [7, 11) is 0. The van der Waals surface area contributed by atoms with E-state index in [1.165, 1.54) is 0 Å². The first-order valence-corrected chi connectivity index (χ1v) is 5.56. The second-order valence-electron chi connectivity index (χ2n) is 3.76. The van der Waals surface area contributed by atoms with Gasteiger partial charge in [-0.3, -0.25) is 4.79 Å². The van der Waals surface area contributed by atoms with E-state index in [4.69, 9.17) is 23.1 Å². The molecule has 0 aliphatic rings. The number of carbonyl (C=O) groups excluding carboxylic acids is 1. The van der Waals surface area contributed by atoms with E-state index >= 15 is 0 Å². The van der Waals surface area contributed by atoms with Crippen LogP contribution in [0.5, 0.6) is 0 Å². The predicted octanol–water partition coefficient (Wildman–Crippen LogP) is 1.79. The molecule has 0 atom stereocenters. The lowest BCUT2D eigenvalue weighted by Gasteiger charge is -2.09. The van der Waals surface area contributed by atoms with Gasteiger partial charge in [0.25, 0.3) is 0 Å². The molecular weight excluding hydrogens is 252 g/mol. The van der Waals surface area contributed by atoms with E-state index in [2.05, 4.69) is 9.97 Å². The number of halogens is 1. The van der Waals surface area contributed by atoms with Gasteiger partial charge in [-0.05, 0) is 13.0 Å². The molecule has 0 aliphatic heterocycles. The van der Waals surface area contributed by atoms with Gasteiger partial charge in [-0.2, -0.15) is 0 Å². The summed E-state index contributed by atoms with van der Waals surface area (Å²) in [5.41, 5.74) is 13.1. The van der Waals surface area contributed by atoms with Gasteiger partial charge in [-0.25, -0.2) is 9.97 Å². The fraction of sp³-hybridized carbons (Fsp3) is 0.0833. The average molecular weight is 263 g/mol. The Morgan fingerprint density at radius 3 is 2.67 bits per heavy atom. The number of nitrogens with zero attached hydrogens (tertiary/aromatic N) is 2. The molecule has 0 unspecified atom stereocenters. The van der Waals surface area contributed by atoms with Crippen molar-refractivity contribution in [3.05, 3.63) is 40.7 Å². The van der Waals surface area contributed by atoms with Gasteiger partial charge in [0.2, 0.25) is 11.9 Å². The number of rotatable bonds is 2. The number of carbonyl (C=O) groups is 1. The van der Waals surface area contributed by atoms with Crippen molar-refractivity contribution in [2.75, 3.05) is 5.73 Å². The molecule has 4 N–H and O–H groups in total. The van der Waals surface area contributed by atoms with Crippen LogP contribution in [0.25, 0.3) is 11.1 Å². The maximum Gasteiger partial charge on any atom is 0.250 e. The van der Waals surface area contributed by atoms with Gasteiger partial charge < -0.3 is 11.5 Å². The van der Waals surface area contributed by atoms with Crippen LogP contribution in [0.4, 0.5) is 5.95 Å². The molecule has 6 heteroatoms. The minimum absolute atomic E-state index is 0.193. The van der Waals surface area contributed by atoms with Gasteiger partial charge >= 0.3 is 0 Å². The van der Waals surface area contributed by atoms with E-state index in [1.807, 2.05) is 0 Å². The Bertz CT molecular complexity index is 627. The lowest BCUT2D eigenvalue weighted by Crippen LogP contribution is -2.11. The molecule has 0 fully saturated rings. The number of hydrogen-bond donors (Lipinski definition) is 2. The molecule has 0 saturated carbocycles. The number of benzene rings is 1. The summed E-state index contributed by atoms with van der Waals surface area (Å²) in [6, 6.07) is 5.05. The number of anilines is 1. The summed E-state index contributed by atoms with van der Waals surface area (Å²) >= 11 is 6.16. The van der Waals surface area contributed by atoms with Crippen LogP contribution in [0.2, 0.25) is 5.02 Å². The summed E-state index contributed by atoms with van der Waals surface area (Å²) < 4.78 is 0. The molecule has 0 bridgehead atoms. The number of nitrogens with two attached hydrogens (primary N) is 2. The summed E-state index contributed by atoms with van der Waals surface area (Å²) in [6.07, 6.45) is 1.57. The number of amides is 1. The minimum atomic E-state index is -0.573. The number of aryl methyl sites for hydroxylation is 1. The fourth-order valence-electron chi connectivity index (χ4n) is 1.68. The van der Waals surface area contributed by atoms with Crippen LogP contribution in [0.15, 0.2) is 24.4 Å². The van der Waals surface area contributed by atoms with Crippen LogP contribution in [0.1, 0.15) is 16.1 Å². The third-order valence-corrected chi connectivity index (χ3v) is 2.96. The SMILES string of the molecule is Cc1nc(N)ncc1-c1cccc(C(N)=O)c1Cl. The molecule has 0 aliphatic carbocycles. The summed E-state index contributed by atoms with van der Waals surface area (Å²) in [5, 5.41) is 0.293.